The van der Waals surface area contributed by atoms with Crippen LogP contribution in [0.25, 0.3) is 0 Å². The van der Waals surface area contributed by atoms with E-state index in [1.807, 2.05) is 6.92 Å². The van der Waals surface area contributed by atoms with E-state index in [1.54, 1.807) is 0 Å². The summed E-state index contributed by atoms with van der Waals surface area (Å²) in [5, 5.41) is 0. The third kappa shape index (κ3) is 3.30. The molecule has 0 aromatic heterocycles. The van der Waals surface area contributed by atoms with E-state index in [-0.39, 0.29) is 22.9 Å². The first kappa shape index (κ1) is 16.0. The second kappa shape index (κ2) is 5.81. The van der Waals surface area contributed by atoms with Crippen LogP contribution in [0.4, 0.5) is 8.78 Å². The molecule has 1 aliphatic rings. The normalized spacial score (nSPS) is 21.2. The molecule has 0 aliphatic carbocycles. The molecule has 3 nitrogen and oxygen atoms in total. The molecule has 0 bridgehead atoms. The molecule has 1 aliphatic heterocycles. The summed E-state index contributed by atoms with van der Waals surface area (Å²) >= 11 is 0. The predicted octanol–water partition coefficient (Wildman–Crippen LogP) is 2.56. The van der Waals surface area contributed by atoms with Crippen LogP contribution >= 0.6 is 0 Å². The Bertz CT molecular complexity index is 545. The molecule has 1 atom stereocenters. The van der Waals surface area contributed by atoms with Crippen molar-refractivity contribution < 1.29 is 13.6 Å². The van der Waals surface area contributed by atoms with Gasteiger partial charge in [0.25, 0.3) is 0 Å². The Hall–Kier alpha value is -1.33. The molecule has 1 saturated heterocycles. The molecule has 0 saturated carbocycles. The van der Waals surface area contributed by atoms with Crippen molar-refractivity contribution in [2.45, 2.75) is 32.4 Å². The van der Waals surface area contributed by atoms with Gasteiger partial charge in [-0.2, -0.15) is 0 Å². The Morgan fingerprint density at radius 1 is 1.24 bits per heavy atom. The largest absolute Gasteiger partial charge is 0.299 e. The number of hydrogen-bond acceptors (Lipinski definition) is 3. The van der Waals surface area contributed by atoms with E-state index in [1.165, 1.54) is 6.07 Å². The molecule has 1 aromatic carbocycles. The summed E-state index contributed by atoms with van der Waals surface area (Å²) in [5.41, 5.74) is 0.207. The van der Waals surface area contributed by atoms with Crippen molar-refractivity contribution in [3.63, 3.8) is 0 Å². The van der Waals surface area contributed by atoms with Crippen molar-refractivity contribution >= 4 is 5.78 Å². The summed E-state index contributed by atoms with van der Waals surface area (Å²) in [6, 6.07) is 2.99. The second-order valence-electron chi connectivity index (χ2n) is 6.37. The molecule has 2 rings (SSSR count). The topological polar surface area (TPSA) is 23.6 Å². The summed E-state index contributed by atoms with van der Waals surface area (Å²) in [5.74, 6) is -2.08. The van der Waals surface area contributed by atoms with E-state index < -0.39 is 11.6 Å². The molecule has 0 amide bonds. The number of benzene rings is 1. The summed E-state index contributed by atoms with van der Waals surface area (Å²) < 4.78 is 26.2. The molecular formula is C16H22F2N2O. The SMILES string of the molecule is CC(C(=O)c1ccc(F)c(F)c1)N1CCN(C)C(C)(C)C1. The first-order chi connectivity index (χ1) is 9.72. The fraction of sp³-hybridized carbons (Fsp3) is 0.562. The van der Waals surface area contributed by atoms with Crippen LogP contribution in [0.2, 0.25) is 0 Å². The van der Waals surface area contributed by atoms with Gasteiger partial charge < -0.3 is 0 Å². The molecule has 5 heteroatoms. The number of carbonyl (C=O) groups is 1. The molecule has 1 heterocycles. The number of nitrogens with zero attached hydrogens (tertiary/aromatic N) is 2. The lowest BCUT2D eigenvalue weighted by Crippen LogP contribution is -2.60. The van der Waals surface area contributed by atoms with Gasteiger partial charge in [-0.05, 0) is 46.0 Å². The highest BCUT2D eigenvalue weighted by atomic mass is 19.2. The monoisotopic (exact) mass is 296 g/mol. The number of piperazine rings is 1. The lowest BCUT2D eigenvalue weighted by atomic mass is 9.96. The fourth-order valence-electron chi connectivity index (χ4n) is 2.66. The van der Waals surface area contributed by atoms with E-state index in [0.717, 1.165) is 31.8 Å². The molecule has 116 valence electrons. The van der Waals surface area contributed by atoms with Gasteiger partial charge in [-0.15, -0.1) is 0 Å². The van der Waals surface area contributed by atoms with Crippen LogP contribution in [0.5, 0.6) is 0 Å². The molecule has 1 aromatic rings. The predicted molar refractivity (Wildman–Crippen MR) is 78.4 cm³/mol. The molecule has 1 fully saturated rings. The highest BCUT2D eigenvalue weighted by molar-refractivity contribution is 5.99. The second-order valence-corrected chi connectivity index (χ2v) is 6.37. The number of ketones is 1. The minimum Gasteiger partial charge on any atom is -0.299 e. The standard InChI is InChI=1S/C16H22F2N2O/c1-11(20-8-7-19(4)16(2,3)10-20)15(21)12-5-6-13(17)14(18)9-12/h5-6,9,11H,7-8,10H2,1-4H3. The number of rotatable bonds is 3. The average molecular weight is 296 g/mol. The van der Waals surface area contributed by atoms with Gasteiger partial charge in [0, 0.05) is 30.7 Å². The number of Topliss-reactive ketones (excluding diaryl/α,β-unsaturated/α-hetero) is 1. The van der Waals surface area contributed by atoms with Crippen LogP contribution in [0.1, 0.15) is 31.1 Å². The third-order valence-corrected chi connectivity index (χ3v) is 4.48. The van der Waals surface area contributed by atoms with Crippen LogP contribution in [0.3, 0.4) is 0 Å². The van der Waals surface area contributed by atoms with Crippen LogP contribution in [0, 0.1) is 11.6 Å². The highest BCUT2D eigenvalue weighted by Crippen LogP contribution is 2.22. The summed E-state index contributed by atoms with van der Waals surface area (Å²) in [7, 11) is 2.07. The average Bonchev–Trinajstić information content (AvgIpc) is 2.43. The van der Waals surface area contributed by atoms with Crippen molar-refractivity contribution in [3.05, 3.63) is 35.4 Å². The van der Waals surface area contributed by atoms with E-state index in [2.05, 4.69) is 30.7 Å². The third-order valence-electron chi connectivity index (χ3n) is 4.48. The van der Waals surface area contributed by atoms with Crippen LogP contribution in [-0.2, 0) is 0 Å². The number of carbonyl (C=O) groups excluding carboxylic acids is 1. The van der Waals surface area contributed by atoms with Crippen LogP contribution in [0.15, 0.2) is 18.2 Å². The quantitative estimate of drug-likeness (QED) is 0.801. The molecular weight excluding hydrogens is 274 g/mol. The first-order valence-corrected chi connectivity index (χ1v) is 7.17. The smallest absolute Gasteiger partial charge is 0.179 e. The van der Waals surface area contributed by atoms with Crippen molar-refractivity contribution in [1.82, 2.24) is 9.80 Å². The Labute approximate surface area is 124 Å². The van der Waals surface area contributed by atoms with Gasteiger partial charge in [-0.1, -0.05) is 0 Å². The van der Waals surface area contributed by atoms with Crippen molar-refractivity contribution in [2.24, 2.45) is 0 Å². The zero-order valence-corrected chi connectivity index (χ0v) is 13.0. The Balaban J connectivity index is 2.14. The van der Waals surface area contributed by atoms with Crippen LogP contribution in [-0.4, -0.2) is 53.8 Å². The molecule has 21 heavy (non-hydrogen) atoms. The number of hydrogen-bond donors (Lipinski definition) is 0. The van der Waals surface area contributed by atoms with E-state index >= 15 is 0 Å². The molecule has 0 radical (unpaired) electrons. The maximum atomic E-state index is 13.3. The lowest BCUT2D eigenvalue weighted by Gasteiger charge is -2.47. The van der Waals surface area contributed by atoms with E-state index in [4.69, 9.17) is 0 Å². The maximum absolute atomic E-state index is 13.3. The van der Waals surface area contributed by atoms with Crippen molar-refractivity contribution in [3.8, 4) is 0 Å². The number of likely N-dealkylation sites (N-methyl/N-ethyl adjacent to an activating group) is 1. The van der Waals surface area contributed by atoms with Gasteiger partial charge in [-0.25, -0.2) is 8.78 Å². The zero-order chi connectivity index (χ0) is 15.8. The Morgan fingerprint density at radius 3 is 2.48 bits per heavy atom. The van der Waals surface area contributed by atoms with Gasteiger partial charge >= 0.3 is 0 Å². The Kier molecular flexibility index (Phi) is 4.44. The number of halogens is 2. The summed E-state index contributed by atoms with van der Waals surface area (Å²) in [6.45, 7) is 8.52. The molecule has 0 N–H and O–H groups in total. The van der Waals surface area contributed by atoms with E-state index in [9.17, 15) is 13.6 Å². The Morgan fingerprint density at radius 2 is 1.90 bits per heavy atom. The van der Waals surface area contributed by atoms with E-state index in [0.29, 0.717) is 0 Å². The van der Waals surface area contributed by atoms with Gasteiger partial charge in [0.15, 0.2) is 17.4 Å². The highest BCUT2D eigenvalue weighted by Gasteiger charge is 2.35. The summed E-state index contributed by atoms with van der Waals surface area (Å²) in [4.78, 5) is 16.8. The van der Waals surface area contributed by atoms with Crippen molar-refractivity contribution in [1.29, 1.82) is 0 Å². The minimum atomic E-state index is -0.980. The fourth-order valence-corrected chi connectivity index (χ4v) is 2.66. The first-order valence-electron chi connectivity index (χ1n) is 7.17. The van der Waals surface area contributed by atoms with Gasteiger partial charge in [0.1, 0.15) is 0 Å². The lowest BCUT2D eigenvalue weighted by molar-refractivity contribution is 0.0212. The summed E-state index contributed by atoms with van der Waals surface area (Å²) in [6.07, 6.45) is 0. The molecule has 1 unspecified atom stereocenters. The van der Waals surface area contributed by atoms with Gasteiger partial charge in [0.05, 0.1) is 6.04 Å². The van der Waals surface area contributed by atoms with Crippen LogP contribution < -0.4 is 0 Å². The van der Waals surface area contributed by atoms with Gasteiger partial charge in [-0.3, -0.25) is 14.6 Å². The minimum absolute atomic E-state index is 0.0131. The maximum Gasteiger partial charge on any atom is 0.179 e. The van der Waals surface area contributed by atoms with Crippen molar-refractivity contribution in [2.75, 3.05) is 26.7 Å². The van der Waals surface area contributed by atoms with Gasteiger partial charge in [0.2, 0.25) is 0 Å². The zero-order valence-electron chi connectivity index (χ0n) is 13.0. The molecule has 0 spiro atoms.